The van der Waals surface area contributed by atoms with Gasteiger partial charge in [-0.3, -0.25) is 14.4 Å². The smallest absolute Gasteiger partial charge is 0.398 e. The number of nitrogens with one attached hydrogen (secondary N) is 1. The third kappa shape index (κ3) is 6.21. The minimum absolute atomic E-state index is 0.000235. The minimum atomic E-state index is -5.11. The summed E-state index contributed by atoms with van der Waals surface area (Å²) in [7, 11) is 0. The van der Waals surface area contributed by atoms with E-state index in [1.807, 2.05) is 19.9 Å². The van der Waals surface area contributed by atoms with Crippen molar-refractivity contribution < 1.29 is 27.6 Å². The van der Waals surface area contributed by atoms with Crippen molar-refractivity contribution in [3.8, 4) is 0 Å². The topological polar surface area (TPSA) is 119 Å². The zero-order valence-electron chi connectivity index (χ0n) is 18.4. The minimum Gasteiger partial charge on any atom is -0.398 e. The van der Waals surface area contributed by atoms with E-state index >= 15 is 0 Å². The van der Waals surface area contributed by atoms with Crippen LogP contribution in [0.1, 0.15) is 67.8 Å². The number of benzene rings is 1. The number of alkyl halides is 3. The number of nitrogens with two attached hydrogens (primary N) is 2. The number of Topliss-reactive ketones (excluding diaryl/α,β-unsaturated/α-hetero) is 1. The number of amides is 2. The predicted molar refractivity (Wildman–Crippen MR) is 115 cm³/mol. The van der Waals surface area contributed by atoms with Gasteiger partial charge < -0.3 is 21.7 Å². The van der Waals surface area contributed by atoms with Crippen molar-refractivity contribution in [1.82, 2.24) is 10.2 Å². The fraction of sp³-hybridized carbons (Fsp3) is 0.591. The molecular formula is C22H31F3N4O3. The molecular weight excluding hydrogens is 425 g/mol. The molecule has 1 aliphatic rings. The largest absolute Gasteiger partial charge is 0.471 e. The third-order valence-electron chi connectivity index (χ3n) is 5.66. The molecule has 32 heavy (non-hydrogen) atoms. The van der Waals surface area contributed by atoms with E-state index in [1.165, 1.54) is 4.90 Å². The van der Waals surface area contributed by atoms with Gasteiger partial charge in [-0.25, -0.2) is 0 Å². The number of halogens is 3. The van der Waals surface area contributed by atoms with Gasteiger partial charge in [0.2, 0.25) is 5.91 Å². The predicted octanol–water partition coefficient (Wildman–Crippen LogP) is 2.74. The maximum atomic E-state index is 13.3. The van der Waals surface area contributed by atoms with Gasteiger partial charge in [0, 0.05) is 17.8 Å². The molecule has 2 atom stereocenters. The number of carbonyl (C=O) groups is 3. The molecule has 178 valence electrons. The number of likely N-dealkylation sites (tertiary alicyclic amines) is 1. The van der Waals surface area contributed by atoms with Crippen molar-refractivity contribution in [2.24, 2.45) is 5.73 Å². The summed E-state index contributed by atoms with van der Waals surface area (Å²) in [6.45, 7) is 4.47. The van der Waals surface area contributed by atoms with Crippen molar-refractivity contribution in [1.29, 1.82) is 0 Å². The molecule has 0 aromatic heterocycles. The summed E-state index contributed by atoms with van der Waals surface area (Å²) >= 11 is 0. The van der Waals surface area contributed by atoms with Gasteiger partial charge in [0.1, 0.15) is 6.04 Å². The second-order valence-corrected chi connectivity index (χ2v) is 8.36. The van der Waals surface area contributed by atoms with Crippen LogP contribution in [0, 0.1) is 0 Å². The molecule has 1 aromatic carbocycles. The van der Waals surface area contributed by atoms with E-state index in [1.54, 1.807) is 17.4 Å². The fourth-order valence-corrected chi connectivity index (χ4v) is 3.82. The number of hydrogen-bond acceptors (Lipinski definition) is 5. The van der Waals surface area contributed by atoms with Crippen LogP contribution in [0.2, 0.25) is 0 Å². The average Bonchev–Trinajstić information content (AvgIpc) is 3.21. The lowest BCUT2D eigenvalue weighted by molar-refractivity contribution is -0.175. The number of ketones is 1. The molecule has 1 fully saturated rings. The SMILES string of the molecule is CC(C)c1ccc(N)c(C(=O)C2CCCN2C(=O)C(CCCCN)NC(=O)C(F)(F)F)c1. The Morgan fingerprint density at radius 1 is 1.22 bits per heavy atom. The van der Waals surface area contributed by atoms with Gasteiger partial charge in [-0.15, -0.1) is 0 Å². The number of rotatable bonds is 9. The van der Waals surface area contributed by atoms with Crippen molar-refractivity contribution in [2.45, 2.75) is 70.1 Å². The van der Waals surface area contributed by atoms with Gasteiger partial charge in [0.15, 0.2) is 5.78 Å². The van der Waals surface area contributed by atoms with Crippen LogP contribution in [-0.4, -0.2) is 53.8 Å². The first-order valence-electron chi connectivity index (χ1n) is 10.8. The van der Waals surface area contributed by atoms with Crippen LogP contribution in [-0.2, 0) is 9.59 Å². The molecule has 0 spiro atoms. The van der Waals surface area contributed by atoms with Crippen LogP contribution in [0.25, 0.3) is 0 Å². The lowest BCUT2D eigenvalue weighted by atomic mass is 9.94. The van der Waals surface area contributed by atoms with Crippen LogP contribution in [0.4, 0.5) is 18.9 Å². The first kappa shape index (κ1) is 25.6. The third-order valence-corrected chi connectivity index (χ3v) is 5.66. The van der Waals surface area contributed by atoms with E-state index < -0.39 is 30.1 Å². The van der Waals surface area contributed by atoms with Crippen molar-refractivity contribution in [3.05, 3.63) is 29.3 Å². The molecule has 1 heterocycles. The lowest BCUT2D eigenvalue weighted by Crippen LogP contribution is -2.54. The molecule has 2 rings (SSSR count). The Bertz CT molecular complexity index is 842. The molecule has 0 radical (unpaired) electrons. The summed E-state index contributed by atoms with van der Waals surface area (Å²) in [6.07, 6.45) is -3.36. The zero-order chi connectivity index (χ0) is 24.1. The monoisotopic (exact) mass is 456 g/mol. The Morgan fingerprint density at radius 2 is 1.91 bits per heavy atom. The second-order valence-electron chi connectivity index (χ2n) is 8.36. The van der Waals surface area contributed by atoms with Crippen molar-refractivity contribution in [3.63, 3.8) is 0 Å². The molecule has 0 bridgehead atoms. The number of nitrogens with zero attached hydrogens (tertiary/aromatic N) is 1. The highest BCUT2D eigenvalue weighted by atomic mass is 19.4. The highest BCUT2D eigenvalue weighted by molar-refractivity contribution is 6.06. The Hall–Kier alpha value is -2.62. The van der Waals surface area contributed by atoms with Crippen molar-refractivity contribution in [2.75, 3.05) is 18.8 Å². The van der Waals surface area contributed by atoms with Crippen LogP contribution in [0.15, 0.2) is 18.2 Å². The van der Waals surface area contributed by atoms with E-state index in [0.29, 0.717) is 37.8 Å². The normalized spacial score (nSPS) is 17.5. The van der Waals surface area contributed by atoms with Crippen LogP contribution in [0.5, 0.6) is 0 Å². The summed E-state index contributed by atoms with van der Waals surface area (Å²) < 4.78 is 38.4. The molecule has 1 saturated heterocycles. The second kappa shape index (κ2) is 10.8. The number of carbonyl (C=O) groups excluding carboxylic acids is 3. The maximum absolute atomic E-state index is 13.3. The quantitative estimate of drug-likeness (QED) is 0.300. The van der Waals surface area contributed by atoms with Crippen molar-refractivity contribution >= 4 is 23.3 Å². The van der Waals surface area contributed by atoms with Gasteiger partial charge in [-0.2, -0.15) is 13.2 Å². The number of hydrogen-bond donors (Lipinski definition) is 3. The summed E-state index contributed by atoms with van der Waals surface area (Å²) in [5, 5.41) is 1.80. The summed E-state index contributed by atoms with van der Waals surface area (Å²) in [5.74, 6) is -3.07. The van der Waals surface area contributed by atoms with Crippen LogP contribution < -0.4 is 16.8 Å². The molecule has 2 unspecified atom stereocenters. The highest BCUT2D eigenvalue weighted by Gasteiger charge is 2.43. The molecule has 0 aliphatic carbocycles. The zero-order valence-corrected chi connectivity index (χ0v) is 18.4. The molecule has 1 aromatic rings. The summed E-state index contributed by atoms with van der Waals surface area (Å²) in [6, 6.07) is 2.94. The van der Waals surface area contributed by atoms with Gasteiger partial charge in [0.25, 0.3) is 0 Å². The highest BCUT2D eigenvalue weighted by Crippen LogP contribution is 2.28. The molecule has 5 N–H and O–H groups in total. The Balaban J connectivity index is 2.26. The van der Waals surface area contributed by atoms with Crippen LogP contribution in [0.3, 0.4) is 0 Å². The molecule has 1 aliphatic heterocycles. The van der Waals surface area contributed by atoms with Gasteiger partial charge >= 0.3 is 12.1 Å². The maximum Gasteiger partial charge on any atom is 0.471 e. The average molecular weight is 457 g/mol. The molecule has 7 nitrogen and oxygen atoms in total. The van der Waals surface area contributed by atoms with Gasteiger partial charge in [-0.1, -0.05) is 19.9 Å². The number of anilines is 1. The van der Waals surface area contributed by atoms with E-state index in [9.17, 15) is 27.6 Å². The van der Waals surface area contributed by atoms with E-state index in [2.05, 4.69) is 0 Å². The first-order chi connectivity index (χ1) is 15.0. The summed E-state index contributed by atoms with van der Waals surface area (Å²) in [5.41, 5.74) is 12.9. The number of unbranched alkanes of at least 4 members (excludes halogenated alkanes) is 1. The Morgan fingerprint density at radius 3 is 2.50 bits per heavy atom. The molecule has 10 heteroatoms. The fourth-order valence-electron chi connectivity index (χ4n) is 3.82. The standard InChI is InChI=1S/C22H31F3N4O3/c1-13(2)14-8-9-16(27)15(12-14)19(30)18-7-5-11-29(18)20(31)17(6-3-4-10-26)28-21(32)22(23,24)25/h8-9,12-13,17-18H,3-7,10-11,26-27H2,1-2H3,(H,28,32). The number of nitrogen functional groups attached to an aromatic ring is 1. The Kier molecular flexibility index (Phi) is 8.65. The Labute approximate surface area is 185 Å². The van der Waals surface area contributed by atoms with Crippen LogP contribution >= 0.6 is 0 Å². The molecule has 0 saturated carbocycles. The van der Waals surface area contributed by atoms with Gasteiger partial charge in [0.05, 0.1) is 6.04 Å². The van der Waals surface area contributed by atoms with E-state index in [0.717, 1.165) is 5.56 Å². The first-order valence-corrected chi connectivity index (χ1v) is 10.8. The lowest BCUT2D eigenvalue weighted by Gasteiger charge is -2.29. The molecule has 2 amide bonds. The van der Waals surface area contributed by atoms with E-state index in [-0.39, 0.29) is 30.4 Å². The van der Waals surface area contributed by atoms with Gasteiger partial charge in [-0.05, 0) is 62.3 Å². The van der Waals surface area contributed by atoms with E-state index in [4.69, 9.17) is 11.5 Å². The summed E-state index contributed by atoms with van der Waals surface area (Å²) in [4.78, 5) is 39.2.